The van der Waals surface area contributed by atoms with E-state index in [4.69, 9.17) is 0 Å². The van der Waals surface area contributed by atoms with E-state index in [0.717, 1.165) is 18.8 Å². The maximum atomic E-state index is 12.8. The van der Waals surface area contributed by atoms with Crippen LogP contribution in [0.1, 0.15) is 58.2 Å². The summed E-state index contributed by atoms with van der Waals surface area (Å²) in [5, 5.41) is 0. The highest BCUT2D eigenvalue weighted by Gasteiger charge is 2.42. The lowest BCUT2D eigenvalue weighted by molar-refractivity contribution is -0.704. The van der Waals surface area contributed by atoms with Crippen molar-refractivity contribution in [3.63, 3.8) is 0 Å². The molecule has 1 aliphatic rings. The van der Waals surface area contributed by atoms with Crippen LogP contribution in [-0.4, -0.2) is 16.1 Å². The molecule has 0 radical (unpaired) electrons. The number of carbonyl (C=O) groups excluding carboxylic acids is 2. The van der Waals surface area contributed by atoms with Gasteiger partial charge in [-0.2, -0.15) is 0 Å². The fraction of sp³-hybridized carbons (Fsp3) is 0.353. The van der Waals surface area contributed by atoms with Gasteiger partial charge in [0.2, 0.25) is 23.0 Å². The predicted octanol–water partition coefficient (Wildman–Crippen LogP) is -0.707. The second-order valence-corrected chi connectivity index (χ2v) is 5.34. The third-order valence-corrected chi connectivity index (χ3v) is 4.16. The molecule has 5 heteroatoms. The van der Waals surface area contributed by atoms with Crippen LogP contribution < -0.4 is 21.5 Å². The molecule has 116 valence electrons. The molecule has 22 heavy (non-hydrogen) atoms. The number of halogens is 1. The zero-order chi connectivity index (χ0) is 15.1. The van der Waals surface area contributed by atoms with Gasteiger partial charge in [-0.25, -0.2) is 9.13 Å². The minimum Gasteiger partial charge on any atom is -1.00 e. The Morgan fingerprint density at radius 3 is 2.18 bits per heavy atom. The van der Waals surface area contributed by atoms with Crippen LogP contribution in [0.15, 0.2) is 24.3 Å². The molecule has 1 heterocycles. The topological polar surface area (TPSA) is 43.0 Å². The van der Waals surface area contributed by atoms with Crippen LogP contribution in [-0.2, 0) is 13.1 Å². The van der Waals surface area contributed by atoms with E-state index in [-0.39, 0.29) is 28.5 Å². The third-order valence-electron chi connectivity index (χ3n) is 4.16. The predicted molar refractivity (Wildman–Crippen MR) is 78.6 cm³/mol. The molecule has 4 nitrogen and oxygen atoms in total. The van der Waals surface area contributed by atoms with Gasteiger partial charge in [-0.1, -0.05) is 31.2 Å². The molecular weight excluding hydrogens is 344 g/mol. The number of hydrogen-bond acceptors (Lipinski definition) is 2. The average Bonchev–Trinajstić information content (AvgIpc) is 2.78. The summed E-state index contributed by atoms with van der Waals surface area (Å²) in [7, 11) is 0. The molecule has 0 saturated carbocycles. The molecule has 3 rings (SSSR count). The standard InChI is InChI=1S/C17H19N2O2.BrH/c1-4-10-19-11(3)18(5-2)14-15(19)17(21)13-9-7-6-8-12(13)16(14)20;/h6-9H,4-5,10H2,1-3H3;1H/q+1;/p-1. The number of benzene rings is 1. The van der Waals surface area contributed by atoms with Gasteiger partial charge in [-0.05, 0) is 13.3 Å². The average molecular weight is 363 g/mol. The quantitative estimate of drug-likeness (QED) is 0.578. The van der Waals surface area contributed by atoms with Crippen LogP contribution in [0.4, 0.5) is 0 Å². The Morgan fingerprint density at radius 2 is 1.64 bits per heavy atom. The second kappa shape index (κ2) is 6.16. The smallest absolute Gasteiger partial charge is 0.254 e. The Balaban J connectivity index is 0.00000176. The van der Waals surface area contributed by atoms with E-state index in [1.165, 1.54) is 0 Å². The fourth-order valence-corrected chi connectivity index (χ4v) is 3.20. The highest BCUT2D eigenvalue weighted by atomic mass is 79.9. The van der Waals surface area contributed by atoms with Crippen molar-refractivity contribution in [2.24, 2.45) is 0 Å². The van der Waals surface area contributed by atoms with Crippen LogP contribution >= 0.6 is 0 Å². The van der Waals surface area contributed by atoms with Crippen molar-refractivity contribution in [1.29, 1.82) is 0 Å². The molecule has 2 aromatic rings. The van der Waals surface area contributed by atoms with Gasteiger partial charge in [0.25, 0.3) is 5.82 Å². The van der Waals surface area contributed by atoms with Crippen LogP contribution in [0.2, 0.25) is 0 Å². The lowest BCUT2D eigenvalue weighted by atomic mass is 9.90. The van der Waals surface area contributed by atoms with Crippen LogP contribution in [0.25, 0.3) is 0 Å². The molecule has 0 amide bonds. The zero-order valence-corrected chi connectivity index (χ0v) is 14.6. The molecule has 0 spiro atoms. The summed E-state index contributed by atoms with van der Waals surface area (Å²) < 4.78 is 3.95. The zero-order valence-electron chi connectivity index (χ0n) is 13.0. The first-order chi connectivity index (χ1) is 10.1. The summed E-state index contributed by atoms with van der Waals surface area (Å²) >= 11 is 0. The first-order valence-corrected chi connectivity index (χ1v) is 7.43. The van der Waals surface area contributed by atoms with Gasteiger partial charge in [0, 0.05) is 18.1 Å². The van der Waals surface area contributed by atoms with Crippen LogP contribution in [0.5, 0.6) is 0 Å². The molecule has 1 aliphatic carbocycles. The molecule has 0 saturated heterocycles. The maximum absolute atomic E-state index is 12.8. The fourth-order valence-electron chi connectivity index (χ4n) is 3.20. The van der Waals surface area contributed by atoms with E-state index in [1.54, 1.807) is 18.2 Å². The number of imidazole rings is 1. The summed E-state index contributed by atoms with van der Waals surface area (Å²) in [6, 6.07) is 7.10. The van der Waals surface area contributed by atoms with E-state index in [9.17, 15) is 9.59 Å². The van der Waals surface area contributed by atoms with E-state index in [2.05, 4.69) is 6.92 Å². The first-order valence-electron chi connectivity index (χ1n) is 7.43. The molecule has 1 aromatic carbocycles. The molecule has 1 aromatic heterocycles. The lowest BCUT2D eigenvalue weighted by Crippen LogP contribution is -3.00. The highest BCUT2D eigenvalue weighted by Crippen LogP contribution is 2.26. The summed E-state index contributed by atoms with van der Waals surface area (Å²) in [4.78, 5) is 25.7. The summed E-state index contributed by atoms with van der Waals surface area (Å²) in [5.41, 5.74) is 2.14. The van der Waals surface area contributed by atoms with Gasteiger partial charge in [-0.15, -0.1) is 0 Å². The first kappa shape index (κ1) is 16.6. The number of hydrogen-bond donors (Lipinski definition) is 0. The summed E-state index contributed by atoms with van der Waals surface area (Å²) in [5.74, 6) is 0.891. The molecule has 0 bridgehead atoms. The minimum atomic E-state index is -0.0417. The largest absolute Gasteiger partial charge is 1.00 e. The van der Waals surface area contributed by atoms with Crippen LogP contribution in [0.3, 0.4) is 0 Å². The van der Waals surface area contributed by atoms with Gasteiger partial charge < -0.3 is 17.0 Å². The van der Waals surface area contributed by atoms with Gasteiger partial charge in [0.1, 0.15) is 0 Å². The number of carbonyl (C=O) groups is 2. The van der Waals surface area contributed by atoms with E-state index in [0.29, 0.717) is 29.1 Å². The Hall–Kier alpha value is -1.75. The summed E-state index contributed by atoms with van der Waals surface area (Å²) in [6.07, 6.45) is 0.925. The monoisotopic (exact) mass is 362 g/mol. The van der Waals surface area contributed by atoms with E-state index in [1.807, 2.05) is 29.0 Å². The number of rotatable bonds is 3. The van der Waals surface area contributed by atoms with Crippen LogP contribution in [0, 0.1) is 6.92 Å². The number of aromatic nitrogens is 2. The highest BCUT2D eigenvalue weighted by molar-refractivity contribution is 6.26. The Labute approximate surface area is 140 Å². The normalized spacial score (nSPS) is 12.7. The molecule has 0 unspecified atom stereocenters. The Morgan fingerprint density at radius 1 is 1.05 bits per heavy atom. The second-order valence-electron chi connectivity index (χ2n) is 5.34. The van der Waals surface area contributed by atoms with Crippen molar-refractivity contribution >= 4 is 11.6 Å². The molecule has 0 aliphatic heterocycles. The lowest BCUT2D eigenvalue weighted by Gasteiger charge is -2.12. The maximum Gasteiger partial charge on any atom is 0.254 e. The van der Waals surface area contributed by atoms with Crippen molar-refractivity contribution in [2.75, 3.05) is 0 Å². The summed E-state index contributed by atoms with van der Waals surface area (Å²) in [6.45, 7) is 7.49. The molecule has 0 N–H and O–H groups in total. The van der Waals surface area contributed by atoms with Crippen molar-refractivity contribution in [3.8, 4) is 0 Å². The Kier molecular flexibility index (Phi) is 4.66. The van der Waals surface area contributed by atoms with Gasteiger partial charge >= 0.3 is 0 Å². The third kappa shape index (κ3) is 2.15. The SMILES string of the molecule is CCC[n+]1c2c(n(CC)c1C)C(=O)c1ccccc1C2=O.[Br-]. The number of fused-ring (bicyclic) bond motifs is 2. The van der Waals surface area contributed by atoms with Crippen molar-refractivity contribution < 1.29 is 31.1 Å². The van der Waals surface area contributed by atoms with Crippen molar-refractivity contribution in [1.82, 2.24) is 4.57 Å². The van der Waals surface area contributed by atoms with Gasteiger partial charge in [0.15, 0.2) is 0 Å². The van der Waals surface area contributed by atoms with E-state index >= 15 is 0 Å². The number of nitrogens with zero attached hydrogens (tertiary/aromatic N) is 2. The minimum absolute atomic E-state index is 0. The molecular formula is C17H19BrN2O2. The molecule has 0 fully saturated rings. The number of ketones is 2. The van der Waals surface area contributed by atoms with Gasteiger partial charge in [0.05, 0.1) is 13.1 Å². The Bertz CT molecular complexity index is 762. The molecule has 0 atom stereocenters. The van der Waals surface area contributed by atoms with Crippen molar-refractivity contribution in [2.45, 2.75) is 40.3 Å². The van der Waals surface area contributed by atoms with Gasteiger partial charge in [-0.3, -0.25) is 9.59 Å². The van der Waals surface area contributed by atoms with Crippen molar-refractivity contribution in [3.05, 3.63) is 52.6 Å². The van der Waals surface area contributed by atoms with E-state index < -0.39 is 0 Å².